The number of ether oxygens (including phenoxy) is 1. The predicted octanol–water partition coefficient (Wildman–Crippen LogP) is 0.586. The summed E-state index contributed by atoms with van der Waals surface area (Å²) in [5, 5.41) is 9.95. The molecule has 0 atom stereocenters. The van der Waals surface area contributed by atoms with Gasteiger partial charge in [0.1, 0.15) is 5.69 Å². The average Bonchev–Trinajstić information content (AvgIpc) is 2.85. The third kappa shape index (κ3) is 1.26. The summed E-state index contributed by atoms with van der Waals surface area (Å²) in [5.74, 6) is -0.511. The average molecular weight is 192 g/mol. The van der Waals surface area contributed by atoms with E-state index in [1.807, 2.05) is 6.07 Å². The number of rotatable bonds is 2. The molecule has 0 fully saturated rings. The minimum absolute atomic E-state index is 0.176. The van der Waals surface area contributed by atoms with E-state index in [0.717, 1.165) is 5.69 Å². The zero-order valence-corrected chi connectivity index (χ0v) is 7.44. The summed E-state index contributed by atoms with van der Waals surface area (Å²) in [4.78, 5) is 14.2. The van der Waals surface area contributed by atoms with Crippen LogP contribution in [0.25, 0.3) is 11.4 Å². The lowest BCUT2D eigenvalue weighted by Gasteiger charge is -1.95. The quantitative estimate of drug-likeness (QED) is 0.682. The highest BCUT2D eigenvalue weighted by Gasteiger charge is 2.18. The van der Waals surface area contributed by atoms with Crippen molar-refractivity contribution in [2.75, 3.05) is 7.11 Å². The van der Waals surface area contributed by atoms with E-state index in [1.54, 1.807) is 12.3 Å². The van der Waals surface area contributed by atoms with E-state index in [1.165, 1.54) is 7.11 Å². The van der Waals surface area contributed by atoms with Crippen LogP contribution in [0.1, 0.15) is 10.5 Å². The molecule has 0 radical (unpaired) electrons. The van der Waals surface area contributed by atoms with E-state index < -0.39 is 5.97 Å². The molecule has 0 aliphatic carbocycles. The van der Waals surface area contributed by atoms with Crippen molar-refractivity contribution >= 4 is 5.97 Å². The third-order valence-corrected chi connectivity index (χ3v) is 1.78. The van der Waals surface area contributed by atoms with E-state index >= 15 is 0 Å². The summed E-state index contributed by atoms with van der Waals surface area (Å²) in [6.45, 7) is 0. The molecule has 2 rings (SSSR count). The maximum Gasteiger partial charge on any atom is 0.360 e. The van der Waals surface area contributed by atoms with Crippen molar-refractivity contribution in [3.63, 3.8) is 0 Å². The van der Waals surface area contributed by atoms with Gasteiger partial charge >= 0.3 is 5.97 Å². The molecule has 72 valence electrons. The van der Waals surface area contributed by atoms with Gasteiger partial charge in [-0.05, 0) is 12.1 Å². The van der Waals surface area contributed by atoms with E-state index in [0.29, 0.717) is 5.69 Å². The normalized spacial score (nSPS) is 10.1. The first kappa shape index (κ1) is 8.49. The molecular weight excluding hydrogens is 184 g/mol. The van der Waals surface area contributed by atoms with Crippen molar-refractivity contribution in [3.8, 4) is 11.4 Å². The van der Waals surface area contributed by atoms with Gasteiger partial charge in [0.25, 0.3) is 0 Å². The SMILES string of the molecule is COC(=O)c1n[nH]nc1-c1ccc[nH]1. The number of methoxy groups -OCH3 is 1. The molecule has 0 aliphatic heterocycles. The van der Waals surface area contributed by atoms with Crippen molar-refractivity contribution in [2.45, 2.75) is 0 Å². The van der Waals surface area contributed by atoms with Crippen LogP contribution >= 0.6 is 0 Å². The zero-order chi connectivity index (χ0) is 9.97. The topological polar surface area (TPSA) is 83.7 Å². The Morgan fingerprint density at radius 1 is 1.50 bits per heavy atom. The first-order valence-corrected chi connectivity index (χ1v) is 3.95. The standard InChI is InChI=1S/C8H8N4O2/c1-14-8(13)7-6(10-12-11-7)5-3-2-4-9-5/h2-4,9H,1H3,(H,10,11,12). The number of nitrogens with one attached hydrogen (secondary N) is 2. The fourth-order valence-electron chi connectivity index (χ4n) is 1.14. The second-order valence-electron chi connectivity index (χ2n) is 2.60. The largest absolute Gasteiger partial charge is 0.464 e. The number of carbonyl (C=O) groups is 1. The fraction of sp³-hybridized carbons (Fsp3) is 0.125. The molecule has 0 saturated heterocycles. The number of nitrogens with zero attached hydrogens (tertiary/aromatic N) is 2. The smallest absolute Gasteiger partial charge is 0.360 e. The Morgan fingerprint density at radius 2 is 2.36 bits per heavy atom. The number of H-pyrrole nitrogens is 2. The predicted molar refractivity (Wildman–Crippen MR) is 47.5 cm³/mol. The number of aromatic amines is 2. The van der Waals surface area contributed by atoms with E-state index in [2.05, 4.69) is 25.1 Å². The Kier molecular flexibility index (Phi) is 2.02. The summed E-state index contributed by atoms with van der Waals surface area (Å²) in [6, 6.07) is 3.61. The van der Waals surface area contributed by atoms with Crippen molar-refractivity contribution < 1.29 is 9.53 Å². The van der Waals surface area contributed by atoms with E-state index in [-0.39, 0.29) is 5.69 Å². The highest BCUT2D eigenvalue weighted by atomic mass is 16.5. The molecule has 0 aliphatic rings. The van der Waals surface area contributed by atoms with Gasteiger partial charge in [0.05, 0.1) is 12.8 Å². The molecule has 14 heavy (non-hydrogen) atoms. The van der Waals surface area contributed by atoms with Crippen LogP contribution in [-0.2, 0) is 4.74 Å². The molecule has 6 heteroatoms. The second-order valence-corrected chi connectivity index (χ2v) is 2.60. The van der Waals surface area contributed by atoms with Gasteiger partial charge in [-0.15, -0.1) is 5.10 Å². The molecule has 6 nitrogen and oxygen atoms in total. The summed E-state index contributed by atoms with van der Waals surface area (Å²) in [5.41, 5.74) is 1.36. The molecule has 0 bridgehead atoms. The second kappa shape index (κ2) is 3.33. The van der Waals surface area contributed by atoms with Crippen LogP contribution in [0.4, 0.5) is 0 Å². The summed E-state index contributed by atoms with van der Waals surface area (Å²) in [6.07, 6.45) is 1.74. The molecule has 2 aromatic heterocycles. The maximum absolute atomic E-state index is 11.2. The minimum Gasteiger partial charge on any atom is -0.464 e. The Morgan fingerprint density at radius 3 is 3.00 bits per heavy atom. The van der Waals surface area contributed by atoms with Crippen LogP contribution in [0.15, 0.2) is 18.3 Å². The van der Waals surface area contributed by atoms with Gasteiger partial charge in [0.2, 0.25) is 0 Å². The van der Waals surface area contributed by atoms with Gasteiger partial charge in [-0.2, -0.15) is 10.3 Å². The lowest BCUT2D eigenvalue weighted by molar-refractivity contribution is 0.0595. The van der Waals surface area contributed by atoms with Gasteiger partial charge in [-0.25, -0.2) is 4.79 Å². The number of hydrogen-bond donors (Lipinski definition) is 2. The van der Waals surface area contributed by atoms with Gasteiger partial charge < -0.3 is 9.72 Å². The third-order valence-electron chi connectivity index (χ3n) is 1.78. The van der Waals surface area contributed by atoms with Crippen LogP contribution in [0.2, 0.25) is 0 Å². The van der Waals surface area contributed by atoms with Crippen molar-refractivity contribution in [2.24, 2.45) is 0 Å². The molecular formula is C8H8N4O2. The van der Waals surface area contributed by atoms with E-state index in [4.69, 9.17) is 0 Å². The summed E-state index contributed by atoms with van der Waals surface area (Å²) < 4.78 is 4.56. The van der Waals surface area contributed by atoms with Gasteiger partial charge in [0.15, 0.2) is 5.69 Å². The monoisotopic (exact) mass is 192 g/mol. The molecule has 2 N–H and O–H groups in total. The Bertz CT molecular complexity index is 432. The van der Waals surface area contributed by atoms with Crippen molar-refractivity contribution in [1.29, 1.82) is 0 Å². The van der Waals surface area contributed by atoms with Crippen LogP contribution in [0.3, 0.4) is 0 Å². The Hall–Kier alpha value is -2.11. The molecule has 2 heterocycles. The molecule has 2 aromatic rings. The Balaban J connectivity index is 2.45. The van der Waals surface area contributed by atoms with Crippen molar-refractivity contribution in [3.05, 3.63) is 24.0 Å². The number of hydrogen-bond acceptors (Lipinski definition) is 4. The van der Waals surface area contributed by atoms with Crippen molar-refractivity contribution in [1.82, 2.24) is 20.4 Å². The summed E-state index contributed by atoms with van der Waals surface area (Å²) in [7, 11) is 1.30. The molecule has 0 aromatic carbocycles. The van der Waals surface area contributed by atoms with Crippen LogP contribution in [-0.4, -0.2) is 33.5 Å². The number of aromatic nitrogens is 4. The molecule has 0 unspecified atom stereocenters. The van der Waals surface area contributed by atoms with Gasteiger partial charge in [-0.3, -0.25) is 0 Å². The lowest BCUT2D eigenvalue weighted by Crippen LogP contribution is -2.03. The van der Waals surface area contributed by atoms with Gasteiger partial charge in [-0.1, -0.05) is 0 Å². The minimum atomic E-state index is -0.511. The molecule has 0 spiro atoms. The number of esters is 1. The first-order chi connectivity index (χ1) is 6.83. The van der Waals surface area contributed by atoms with Crippen LogP contribution < -0.4 is 0 Å². The van der Waals surface area contributed by atoms with E-state index in [9.17, 15) is 4.79 Å². The van der Waals surface area contributed by atoms with Crippen LogP contribution in [0.5, 0.6) is 0 Å². The fourth-order valence-corrected chi connectivity index (χ4v) is 1.14. The maximum atomic E-state index is 11.2. The highest BCUT2D eigenvalue weighted by Crippen LogP contribution is 2.17. The van der Waals surface area contributed by atoms with Gasteiger partial charge in [0, 0.05) is 6.20 Å². The lowest BCUT2D eigenvalue weighted by atomic mass is 10.2. The number of carbonyl (C=O) groups excluding carboxylic acids is 1. The van der Waals surface area contributed by atoms with Crippen LogP contribution in [0, 0.1) is 0 Å². The zero-order valence-electron chi connectivity index (χ0n) is 7.44. The molecule has 0 amide bonds. The highest BCUT2D eigenvalue weighted by molar-refractivity contribution is 5.93. The molecule has 0 saturated carbocycles. The first-order valence-electron chi connectivity index (χ1n) is 3.95. The summed E-state index contributed by atoms with van der Waals surface area (Å²) >= 11 is 0. The Labute approximate surface area is 79.3 Å².